The first kappa shape index (κ1) is 12.4. The van der Waals surface area contributed by atoms with Crippen molar-refractivity contribution >= 4 is 15.9 Å². The van der Waals surface area contributed by atoms with Gasteiger partial charge in [-0.2, -0.15) is 0 Å². The standard InChI is InChI=1S/C12H14BrFO/c1-2-3-4-5-12(15)9-6-10(13)8-11(14)7-9/h2,6-8,12,15H,1,3-5H2. The van der Waals surface area contributed by atoms with Crippen molar-refractivity contribution in [1.82, 2.24) is 0 Å². The van der Waals surface area contributed by atoms with Crippen molar-refractivity contribution in [2.24, 2.45) is 0 Å². The van der Waals surface area contributed by atoms with Gasteiger partial charge >= 0.3 is 0 Å². The lowest BCUT2D eigenvalue weighted by atomic mass is 10.0. The highest BCUT2D eigenvalue weighted by Crippen LogP contribution is 2.23. The normalized spacial score (nSPS) is 12.5. The highest BCUT2D eigenvalue weighted by atomic mass is 79.9. The molecule has 0 aromatic heterocycles. The van der Waals surface area contributed by atoms with Gasteiger partial charge in [-0.15, -0.1) is 6.58 Å². The number of hydrogen-bond donors (Lipinski definition) is 1. The Hall–Kier alpha value is -0.670. The Bertz CT molecular complexity index is 318. The van der Waals surface area contributed by atoms with Crippen LogP contribution in [0.4, 0.5) is 4.39 Å². The van der Waals surface area contributed by atoms with E-state index in [0.29, 0.717) is 16.5 Å². The van der Waals surface area contributed by atoms with E-state index in [0.717, 1.165) is 12.8 Å². The van der Waals surface area contributed by atoms with E-state index in [1.807, 2.05) is 6.08 Å². The highest BCUT2D eigenvalue weighted by molar-refractivity contribution is 9.10. The summed E-state index contributed by atoms with van der Waals surface area (Å²) in [6.45, 7) is 3.61. The van der Waals surface area contributed by atoms with E-state index in [9.17, 15) is 9.50 Å². The van der Waals surface area contributed by atoms with Crippen LogP contribution >= 0.6 is 15.9 Å². The summed E-state index contributed by atoms with van der Waals surface area (Å²) in [5.41, 5.74) is 0.617. The second-order valence-corrected chi connectivity index (χ2v) is 4.35. The number of aliphatic hydroxyl groups excluding tert-OH is 1. The van der Waals surface area contributed by atoms with Crippen molar-refractivity contribution in [2.45, 2.75) is 25.4 Å². The highest BCUT2D eigenvalue weighted by Gasteiger charge is 2.08. The molecule has 0 amide bonds. The predicted molar refractivity (Wildman–Crippen MR) is 63.1 cm³/mol. The quantitative estimate of drug-likeness (QED) is 0.635. The lowest BCUT2D eigenvalue weighted by molar-refractivity contribution is 0.164. The summed E-state index contributed by atoms with van der Waals surface area (Å²) in [7, 11) is 0. The molecule has 1 unspecified atom stereocenters. The smallest absolute Gasteiger partial charge is 0.124 e. The van der Waals surface area contributed by atoms with Crippen LogP contribution in [0.5, 0.6) is 0 Å². The molecule has 0 saturated carbocycles. The van der Waals surface area contributed by atoms with Gasteiger partial charge in [0.1, 0.15) is 5.82 Å². The van der Waals surface area contributed by atoms with Crippen molar-refractivity contribution in [3.05, 3.63) is 46.7 Å². The molecule has 82 valence electrons. The zero-order valence-corrected chi connectivity index (χ0v) is 10.0. The second kappa shape index (κ2) is 6.03. The van der Waals surface area contributed by atoms with Gasteiger partial charge in [-0.25, -0.2) is 4.39 Å². The summed E-state index contributed by atoms with van der Waals surface area (Å²) in [4.78, 5) is 0. The molecule has 15 heavy (non-hydrogen) atoms. The maximum atomic E-state index is 13.0. The number of halogens is 2. The Morgan fingerprint density at radius 2 is 2.20 bits per heavy atom. The Morgan fingerprint density at radius 3 is 2.80 bits per heavy atom. The summed E-state index contributed by atoms with van der Waals surface area (Å²) in [5, 5.41) is 9.77. The average Bonchev–Trinajstić information content (AvgIpc) is 2.16. The minimum atomic E-state index is -0.600. The molecule has 1 aromatic carbocycles. The van der Waals surface area contributed by atoms with Crippen molar-refractivity contribution < 1.29 is 9.50 Å². The number of unbranched alkanes of at least 4 members (excludes halogenated alkanes) is 1. The van der Waals surface area contributed by atoms with Gasteiger partial charge in [-0.1, -0.05) is 22.0 Å². The van der Waals surface area contributed by atoms with E-state index in [1.54, 1.807) is 6.07 Å². The van der Waals surface area contributed by atoms with Crippen molar-refractivity contribution in [3.8, 4) is 0 Å². The predicted octanol–water partition coefficient (Wildman–Crippen LogP) is 3.98. The van der Waals surface area contributed by atoms with Crippen LogP contribution < -0.4 is 0 Å². The van der Waals surface area contributed by atoms with E-state index >= 15 is 0 Å². The monoisotopic (exact) mass is 272 g/mol. The third-order valence-electron chi connectivity index (χ3n) is 2.16. The Morgan fingerprint density at radius 1 is 1.47 bits per heavy atom. The first-order valence-corrected chi connectivity index (χ1v) is 5.67. The van der Waals surface area contributed by atoms with Crippen LogP contribution in [0, 0.1) is 5.82 Å². The van der Waals surface area contributed by atoms with Crippen LogP contribution in [0.3, 0.4) is 0 Å². The summed E-state index contributed by atoms with van der Waals surface area (Å²) in [6.07, 6.45) is 3.57. The first-order chi connectivity index (χ1) is 7.13. The van der Waals surface area contributed by atoms with Gasteiger partial charge in [0.05, 0.1) is 6.10 Å². The van der Waals surface area contributed by atoms with Gasteiger partial charge in [0, 0.05) is 4.47 Å². The molecule has 1 aromatic rings. The van der Waals surface area contributed by atoms with Gasteiger partial charge in [0.15, 0.2) is 0 Å². The van der Waals surface area contributed by atoms with E-state index in [1.165, 1.54) is 12.1 Å². The molecular formula is C12H14BrFO. The molecule has 1 rings (SSSR count). The van der Waals surface area contributed by atoms with Gasteiger partial charge in [-0.3, -0.25) is 0 Å². The molecule has 0 aliphatic carbocycles. The third-order valence-corrected chi connectivity index (χ3v) is 2.61. The third kappa shape index (κ3) is 4.14. The topological polar surface area (TPSA) is 20.2 Å². The molecule has 0 fully saturated rings. The molecule has 0 spiro atoms. The summed E-state index contributed by atoms with van der Waals surface area (Å²) in [5.74, 6) is -0.331. The molecule has 0 bridgehead atoms. The fraction of sp³-hybridized carbons (Fsp3) is 0.333. The summed E-state index contributed by atoms with van der Waals surface area (Å²) >= 11 is 3.20. The lowest BCUT2D eigenvalue weighted by Gasteiger charge is -2.10. The minimum absolute atomic E-state index is 0.331. The number of rotatable bonds is 5. The summed E-state index contributed by atoms with van der Waals surface area (Å²) in [6, 6.07) is 4.48. The van der Waals surface area contributed by atoms with Gasteiger partial charge < -0.3 is 5.11 Å². The lowest BCUT2D eigenvalue weighted by Crippen LogP contribution is -1.98. The zero-order valence-electron chi connectivity index (χ0n) is 8.42. The molecule has 1 atom stereocenters. The van der Waals surface area contributed by atoms with Gasteiger partial charge in [0.2, 0.25) is 0 Å². The van der Waals surface area contributed by atoms with Gasteiger partial charge in [-0.05, 0) is 43.0 Å². The van der Waals surface area contributed by atoms with E-state index in [4.69, 9.17) is 0 Å². The SMILES string of the molecule is C=CCCCC(O)c1cc(F)cc(Br)c1. The molecule has 0 heterocycles. The number of benzene rings is 1. The first-order valence-electron chi connectivity index (χ1n) is 4.88. The summed E-state index contributed by atoms with van der Waals surface area (Å²) < 4.78 is 13.7. The van der Waals surface area contributed by atoms with Crippen LogP contribution in [0.15, 0.2) is 35.3 Å². The van der Waals surface area contributed by atoms with Crippen molar-refractivity contribution in [2.75, 3.05) is 0 Å². The zero-order chi connectivity index (χ0) is 11.3. The van der Waals surface area contributed by atoms with Crippen LogP contribution in [0.25, 0.3) is 0 Å². The van der Waals surface area contributed by atoms with E-state index in [-0.39, 0.29) is 5.82 Å². The number of hydrogen-bond acceptors (Lipinski definition) is 1. The number of aliphatic hydroxyl groups is 1. The van der Waals surface area contributed by atoms with Crippen LogP contribution in [0.1, 0.15) is 30.9 Å². The van der Waals surface area contributed by atoms with Crippen LogP contribution in [-0.2, 0) is 0 Å². The molecule has 3 heteroatoms. The number of allylic oxidation sites excluding steroid dienone is 1. The molecule has 1 N–H and O–H groups in total. The van der Waals surface area contributed by atoms with Crippen LogP contribution in [-0.4, -0.2) is 5.11 Å². The largest absolute Gasteiger partial charge is 0.388 e. The Labute approximate surface area is 97.8 Å². The maximum absolute atomic E-state index is 13.0. The fourth-order valence-electron chi connectivity index (χ4n) is 1.39. The maximum Gasteiger partial charge on any atom is 0.124 e. The minimum Gasteiger partial charge on any atom is -0.388 e. The Balaban J connectivity index is 2.64. The van der Waals surface area contributed by atoms with E-state index < -0.39 is 6.10 Å². The van der Waals surface area contributed by atoms with Gasteiger partial charge in [0.25, 0.3) is 0 Å². The molecule has 0 saturated heterocycles. The van der Waals surface area contributed by atoms with Crippen LogP contribution in [0.2, 0.25) is 0 Å². The molecular weight excluding hydrogens is 259 g/mol. The van der Waals surface area contributed by atoms with E-state index in [2.05, 4.69) is 22.5 Å². The molecule has 0 aliphatic heterocycles. The average molecular weight is 273 g/mol. The molecule has 1 nitrogen and oxygen atoms in total. The fourth-order valence-corrected chi connectivity index (χ4v) is 1.87. The second-order valence-electron chi connectivity index (χ2n) is 3.44. The van der Waals surface area contributed by atoms with Crippen molar-refractivity contribution in [3.63, 3.8) is 0 Å². The van der Waals surface area contributed by atoms with Crippen molar-refractivity contribution in [1.29, 1.82) is 0 Å². The Kier molecular flexibility index (Phi) is 4.99. The molecule has 0 aliphatic rings. The molecule has 0 radical (unpaired) electrons.